The van der Waals surface area contributed by atoms with Crippen LogP contribution in [0.25, 0.3) is 10.4 Å². The van der Waals surface area contributed by atoms with Crippen molar-refractivity contribution in [3.63, 3.8) is 0 Å². The number of ether oxygens (including phenoxy) is 1. The van der Waals surface area contributed by atoms with E-state index in [-0.39, 0.29) is 0 Å². The summed E-state index contributed by atoms with van der Waals surface area (Å²) < 4.78 is 6.34. The number of hydrogen-bond acceptors (Lipinski definition) is 3. The molecule has 2 nitrogen and oxygen atoms in total. The molecule has 108 valence electrons. The van der Waals surface area contributed by atoms with E-state index in [9.17, 15) is 0 Å². The smallest absolute Gasteiger partial charge is 0.133 e. The second-order valence-corrected chi connectivity index (χ2v) is 6.70. The van der Waals surface area contributed by atoms with Gasteiger partial charge >= 0.3 is 0 Å². The van der Waals surface area contributed by atoms with Gasteiger partial charge in [-0.3, -0.25) is 0 Å². The fraction of sp³-hybridized carbons (Fsp3) is 0.375. The zero-order valence-electron chi connectivity index (χ0n) is 12.1. The molecule has 0 aliphatic rings. The summed E-state index contributed by atoms with van der Waals surface area (Å²) >= 11 is 5.32. The Hall–Kier alpha value is -0.840. The Balaban J connectivity index is 2.20. The number of benzene rings is 1. The average Bonchev–Trinajstić information content (AvgIpc) is 2.95. The van der Waals surface area contributed by atoms with E-state index in [4.69, 9.17) is 4.74 Å². The molecule has 0 saturated heterocycles. The van der Waals surface area contributed by atoms with Gasteiger partial charge in [-0.05, 0) is 65.6 Å². The van der Waals surface area contributed by atoms with Gasteiger partial charge in [-0.2, -0.15) is 0 Å². The maximum Gasteiger partial charge on any atom is 0.133 e. The van der Waals surface area contributed by atoms with Crippen molar-refractivity contribution in [3.05, 3.63) is 39.7 Å². The van der Waals surface area contributed by atoms with Crippen molar-refractivity contribution < 1.29 is 4.74 Å². The highest BCUT2D eigenvalue weighted by Crippen LogP contribution is 2.35. The summed E-state index contributed by atoms with van der Waals surface area (Å²) in [6.45, 7) is 5.46. The molecule has 0 aliphatic heterocycles. The first-order valence-electron chi connectivity index (χ1n) is 6.82. The summed E-state index contributed by atoms with van der Waals surface area (Å²) in [5.74, 6) is 0.870. The van der Waals surface area contributed by atoms with Crippen LogP contribution in [0.5, 0.6) is 5.75 Å². The average molecular weight is 354 g/mol. The van der Waals surface area contributed by atoms with Gasteiger partial charge in [0.25, 0.3) is 0 Å². The molecule has 0 fully saturated rings. The molecule has 0 spiro atoms. The van der Waals surface area contributed by atoms with Crippen LogP contribution in [0.15, 0.2) is 34.8 Å². The van der Waals surface area contributed by atoms with Crippen LogP contribution in [0.1, 0.15) is 31.2 Å². The summed E-state index contributed by atoms with van der Waals surface area (Å²) in [4.78, 5) is 2.64. The monoisotopic (exact) mass is 353 g/mol. The molecular formula is C16H20BrNOS. The molecule has 1 atom stereocenters. The van der Waals surface area contributed by atoms with Gasteiger partial charge < -0.3 is 10.1 Å². The Labute approximate surface area is 133 Å². The minimum atomic E-state index is 0.408. The van der Waals surface area contributed by atoms with Gasteiger partial charge in [0.2, 0.25) is 0 Å². The van der Waals surface area contributed by atoms with Crippen LogP contribution in [0.3, 0.4) is 0 Å². The molecular weight excluding hydrogens is 334 g/mol. The normalized spacial score (nSPS) is 12.4. The second-order valence-electron chi connectivity index (χ2n) is 4.73. The van der Waals surface area contributed by atoms with Crippen LogP contribution in [0.2, 0.25) is 0 Å². The largest absolute Gasteiger partial charge is 0.496 e. The molecule has 0 aliphatic carbocycles. The Morgan fingerprint density at radius 1 is 1.30 bits per heavy atom. The predicted octanol–water partition coefficient (Wildman–Crippen LogP) is 5.25. The number of methoxy groups -OCH3 is 1. The van der Waals surface area contributed by atoms with Gasteiger partial charge in [0.15, 0.2) is 0 Å². The first-order valence-corrected chi connectivity index (χ1v) is 8.43. The summed E-state index contributed by atoms with van der Waals surface area (Å²) in [6, 6.07) is 11.0. The first-order chi connectivity index (χ1) is 9.65. The third-order valence-electron chi connectivity index (χ3n) is 3.19. The van der Waals surface area contributed by atoms with Crippen LogP contribution in [0.4, 0.5) is 0 Å². The van der Waals surface area contributed by atoms with Crippen molar-refractivity contribution in [3.8, 4) is 16.2 Å². The highest BCUT2D eigenvalue weighted by Gasteiger charge is 2.10. The Bertz CT molecular complexity index is 567. The lowest BCUT2D eigenvalue weighted by atomic mass is 10.2. The molecule has 20 heavy (non-hydrogen) atoms. The van der Waals surface area contributed by atoms with Crippen molar-refractivity contribution in [2.45, 2.75) is 26.3 Å². The van der Waals surface area contributed by atoms with Gasteiger partial charge in [-0.25, -0.2) is 0 Å². The number of nitrogens with one attached hydrogen (secondary N) is 1. The molecule has 1 unspecified atom stereocenters. The minimum Gasteiger partial charge on any atom is -0.496 e. The van der Waals surface area contributed by atoms with Gasteiger partial charge in [0.1, 0.15) is 5.75 Å². The summed E-state index contributed by atoms with van der Waals surface area (Å²) in [6.07, 6.45) is 1.16. The molecule has 1 N–H and O–H groups in total. The van der Waals surface area contributed by atoms with Crippen molar-refractivity contribution >= 4 is 27.3 Å². The number of rotatable bonds is 6. The van der Waals surface area contributed by atoms with E-state index in [1.165, 1.54) is 15.3 Å². The van der Waals surface area contributed by atoms with Crippen molar-refractivity contribution in [2.75, 3.05) is 13.7 Å². The Morgan fingerprint density at radius 3 is 2.80 bits per heavy atom. The van der Waals surface area contributed by atoms with Gasteiger partial charge in [-0.1, -0.05) is 13.0 Å². The van der Waals surface area contributed by atoms with Crippen molar-refractivity contribution in [1.82, 2.24) is 5.32 Å². The topological polar surface area (TPSA) is 21.3 Å². The van der Waals surface area contributed by atoms with E-state index < -0.39 is 0 Å². The summed E-state index contributed by atoms with van der Waals surface area (Å²) in [5.41, 5.74) is 1.20. The van der Waals surface area contributed by atoms with Crippen LogP contribution in [-0.2, 0) is 0 Å². The van der Waals surface area contributed by atoms with Crippen LogP contribution in [0, 0.1) is 0 Å². The molecule has 1 aromatic heterocycles. The highest BCUT2D eigenvalue weighted by molar-refractivity contribution is 9.10. The third kappa shape index (κ3) is 3.62. The number of thiophene rings is 1. The zero-order chi connectivity index (χ0) is 14.5. The summed E-state index contributed by atoms with van der Waals surface area (Å²) in [5, 5.41) is 3.52. The lowest BCUT2D eigenvalue weighted by molar-refractivity contribution is 0.412. The van der Waals surface area contributed by atoms with Gasteiger partial charge in [0, 0.05) is 15.8 Å². The predicted molar refractivity (Wildman–Crippen MR) is 90.7 cm³/mol. The lowest BCUT2D eigenvalue weighted by Gasteiger charge is -2.10. The molecule has 2 rings (SSSR count). The highest BCUT2D eigenvalue weighted by atomic mass is 79.9. The standard InChI is InChI=1S/C16H20BrNOS/c1-4-9-18-11(2)15-7-8-16(20-15)12-5-6-13(17)14(10-12)19-3/h5-8,10-11,18H,4,9H2,1-3H3. The van der Waals surface area contributed by atoms with E-state index in [1.807, 2.05) is 17.4 Å². The zero-order valence-corrected chi connectivity index (χ0v) is 14.5. The Kier molecular flexibility index (Phi) is 5.64. The van der Waals surface area contributed by atoms with E-state index in [0.717, 1.165) is 23.2 Å². The van der Waals surface area contributed by atoms with Crippen molar-refractivity contribution in [2.24, 2.45) is 0 Å². The fourth-order valence-electron chi connectivity index (χ4n) is 2.02. The van der Waals surface area contributed by atoms with Crippen LogP contribution in [-0.4, -0.2) is 13.7 Å². The van der Waals surface area contributed by atoms with E-state index in [1.54, 1.807) is 7.11 Å². The number of hydrogen-bond donors (Lipinski definition) is 1. The molecule has 0 bridgehead atoms. The van der Waals surface area contributed by atoms with Gasteiger partial charge in [-0.15, -0.1) is 11.3 Å². The number of halogens is 1. The molecule has 0 saturated carbocycles. The SMILES string of the molecule is CCCNC(C)c1ccc(-c2ccc(Br)c(OC)c2)s1. The quantitative estimate of drug-likeness (QED) is 0.765. The molecule has 1 heterocycles. The molecule has 0 amide bonds. The Morgan fingerprint density at radius 2 is 2.10 bits per heavy atom. The van der Waals surface area contributed by atoms with E-state index in [0.29, 0.717) is 6.04 Å². The van der Waals surface area contributed by atoms with Crippen LogP contribution < -0.4 is 10.1 Å². The van der Waals surface area contributed by atoms with Crippen LogP contribution >= 0.6 is 27.3 Å². The molecule has 4 heteroatoms. The fourth-order valence-corrected chi connectivity index (χ4v) is 3.45. The maximum atomic E-state index is 5.36. The lowest BCUT2D eigenvalue weighted by Crippen LogP contribution is -2.18. The summed E-state index contributed by atoms with van der Waals surface area (Å²) in [7, 11) is 1.69. The minimum absolute atomic E-state index is 0.408. The molecule has 1 aromatic carbocycles. The van der Waals surface area contributed by atoms with Gasteiger partial charge in [0.05, 0.1) is 11.6 Å². The van der Waals surface area contributed by atoms with E-state index in [2.05, 4.69) is 59.4 Å². The van der Waals surface area contributed by atoms with E-state index >= 15 is 0 Å². The first kappa shape index (κ1) is 15.5. The molecule has 2 aromatic rings. The second kappa shape index (κ2) is 7.25. The maximum absolute atomic E-state index is 5.36. The van der Waals surface area contributed by atoms with Crippen molar-refractivity contribution in [1.29, 1.82) is 0 Å². The third-order valence-corrected chi connectivity index (χ3v) is 5.16. The molecule has 0 radical (unpaired) electrons.